The highest BCUT2D eigenvalue weighted by Crippen LogP contribution is 2.33. The van der Waals surface area contributed by atoms with E-state index in [-0.39, 0.29) is 5.97 Å². The Morgan fingerprint density at radius 1 is 1.45 bits per heavy atom. The van der Waals surface area contributed by atoms with E-state index < -0.39 is 0 Å². The van der Waals surface area contributed by atoms with Crippen molar-refractivity contribution in [3.8, 4) is 0 Å². The van der Waals surface area contributed by atoms with Crippen molar-refractivity contribution in [2.24, 2.45) is 0 Å². The minimum Gasteiger partial charge on any atom is -0.466 e. The molecule has 1 aromatic heterocycles. The van der Waals surface area contributed by atoms with Crippen molar-refractivity contribution in [3.05, 3.63) is 21.9 Å². The van der Waals surface area contributed by atoms with E-state index in [1.165, 1.54) is 24.8 Å². The number of hydrogen-bond acceptors (Lipinski definition) is 4. The lowest BCUT2D eigenvalue weighted by Crippen LogP contribution is -2.25. The zero-order valence-corrected chi connectivity index (χ0v) is 13.1. The first kappa shape index (κ1) is 15.5. The van der Waals surface area contributed by atoms with Gasteiger partial charge in [-0.05, 0) is 62.6 Å². The number of carbonyl (C=O) groups is 1. The molecule has 0 saturated carbocycles. The fraction of sp³-hybridized carbons (Fsp3) is 0.688. The lowest BCUT2D eigenvalue weighted by Gasteiger charge is -2.23. The molecular formula is C16H25NO2S. The smallest absolute Gasteiger partial charge is 0.305 e. The Bertz CT molecular complexity index is 416. The Morgan fingerprint density at radius 3 is 3.20 bits per heavy atom. The summed E-state index contributed by atoms with van der Waals surface area (Å²) in [6, 6.07) is 2.83. The number of aryl methyl sites for hydroxylation is 1. The van der Waals surface area contributed by atoms with Crippen LogP contribution in [0.3, 0.4) is 0 Å². The number of hydrogen-bond donors (Lipinski definition) is 1. The monoisotopic (exact) mass is 295 g/mol. The summed E-state index contributed by atoms with van der Waals surface area (Å²) in [5.41, 5.74) is 1.52. The second-order valence-corrected chi connectivity index (χ2v) is 6.31. The topological polar surface area (TPSA) is 38.3 Å². The molecule has 2 rings (SSSR count). The molecule has 0 spiro atoms. The predicted molar refractivity (Wildman–Crippen MR) is 83.1 cm³/mol. The zero-order chi connectivity index (χ0) is 14.2. The van der Waals surface area contributed by atoms with Gasteiger partial charge < -0.3 is 10.1 Å². The molecule has 0 bridgehead atoms. The number of fused-ring (bicyclic) bond motifs is 1. The minimum atomic E-state index is -0.0596. The standard InChI is InChI=1S/C16H25NO2S/c1-2-19-16(18)9-4-3-5-11-17-14-7-6-8-15-13(14)10-12-20-15/h10,12,14,17H,2-9,11H2,1H3. The van der Waals surface area contributed by atoms with Crippen molar-refractivity contribution in [1.82, 2.24) is 5.32 Å². The largest absolute Gasteiger partial charge is 0.466 e. The van der Waals surface area contributed by atoms with Crippen LogP contribution < -0.4 is 5.32 Å². The van der Waals surface area contributed by atoms with Crippen molar-refractivity contribution in [2.45, 2.75) is 57.9 Å². The van der Waals surface area contributed by atoms with Crippen LogP contribution in [0.15, 0.2) is 11.4 Å². The van der Waals surface area contributed by atoms with E-state index in [0.29, 0.717) is 19.1 Å². The quantitative estimate of drug-likeness (QED) is 0.585. The van der Waals surface area contributed by atoms with Gasteiger partial charge in [0.15, 0.2) is 0 Å². The van der Waals surface area contributed by atoms with Crippen LogP contribution in [0.2, 0.25) is 0 Å². The van der Waals surface area contributed by atoms with Gasteiger partial charge in [0.2, 0.25) is 0 Å². The molecule has 0 aromatic carbocycles. The van der Waals surface area contributed by atoms with Gasteiger partial charge in [-0.3, -0.25) is 4.79 Å². The van der Waals surface area contributed by atoms with Gasteiger partial charge in [0.25, 0.3) is 0 Å². The molecule has 0 fully saturated rings. The number of ether oxygens (including phenoxy) is 1. The maximum atomic E-state index is 11.2. The van der Waals surface area contributed by atoms with E-state index in [4.69, 9.17) is 4.74 Å². The number of rotatable bonds is 8. The summed E-state index contributed by atoms with van der Waals surface area (Å²) >= 11 is 1.89. The summed E-state index contributed by atoms with van der Waals surface area (Å²) in [6.07, 6.45) is 7.54. The number of carbonyl (C=O) groups excluding carboxylic acids is 1. The Kier molecular flexibility index (Phi) is 6.54. The molecule has 112 valence electrons. The molecule has 1 heterocycles. The summed E-state index contributed by atoms with van der Waals surface area (Å²) in [5.74, 6) is -0.0596. The Hall–Kier alpha value is -0.870. The van der Waals surface area contributed by atoms with Gasteiger partial charge in [0, 0.05) is 17.3 Å². The molecule has 3 nitrogen and oxygen atoms in total. The van der Waals surface area contributed by atoms with E-state index in [2.05, 4.69) is 16.8 Å². The highest BCUT2D eigenvalue weighted by molar-refractivity contribution is 7.10. The molecule has 1 aliphatic rings. The van der Waals surface area contributed by atoms with Crippen LogP contribution >= 0.6 is 11.3 Å². The molecular weight excluding hydrogens is 270 g/mol. The lowest BCUT2D eigenvalue weighted by molar-refractivity contribution is -0.143. The fourth-order valence-corrected chi connectivity index (χ4v) is 3.77. The van der Waals surface area contributed by atoms with Gasteiger partial charge >= 0.3 is 5.97 Å². The number of nitrogens with one attached hydrogen (secondary N) is 1. The Balaban J connectivity index is 1.57. The fourth-order valence-electron chi connectivity index (χ4n) is 2.78. The maximum absolute atomic E-state index is 11.2. The van der Waals surface area contributed by atoms with Gasteiger partial charge in [-0.15, -0.1) is 11.3 Å². The van der Waals surface area contributed by atoms with Gasteiger partial charge in [0.1, 0.15) is 0 Å². The minimum absolute atomic E-state index is 0.0596. The third kappa shape index (κ3) is 4.60. The van der Waals surface area contributed by atoms with Crippen molar-refractivity contribution < 1.29 is 9.53 Å². The maximum Gasteiger partial charge on any atom is 0.305 e. The van der Waals surface area contributed by atoms with Crippen LogP contribution in [0.25, 0.3) is 0 Å². The van der Waals surface area contributed by atoms with Crippen LogP contribution in [-0.4, -0.2) is 19.1 Å². The Labute approximate surface area is 125 Å². The first-order valence-electron chi connectivity index (χ1n) is 7.76. The van der Waals surface area contributed by atoms with Crippen LogP contribution in [0.4, 0.5) is 0 Å². The number of esters is 1. The first-order valence-corrected chi connectivity index (χ1v) is 8.64. The molecule has 1 N–H and O–H groups in total. The van der Waals surface area contributed by atoms with Crippen molar-refractivity contribution in [1.29, 1.82) is 0 Å². The van der Waals surface area contributed by atoms with Crippen LogP contribution in [-0.2, 0) is 16.0 Å². The van der Waals surface area contributed by atoms with E-state index in [1.807, 2.05) is 18.3 Å². The van der Waals surface area contributed by atoms with Gasteiger partial charge in [-0.2, -0.15) is 0 Å². The van der Waals surface area contributed by atoms with Crippen molar-refractivity contribution >= 4 is 17.3 Å². The van der Waals surface area contributed by atoms with Crippen molar-refractivity contribution in [2.75, 3.05) is 13.2 Å². The summed E-state index contributed by atoms with van der Waals surface area (Å²) < 4.78 is 4.92. The molecule has 1 atom stereocenters. The molecule has 4 heteroatoms. The second kappa shape index (κ2) is 8.42. The lowest BCUT2D eigenvalue weighted by atomic mass is 9.94. The average Bonchev–Trinajstić information content (AvgIpc) is 2.92. The zero-order valence-electron chi connectivity index (χ0n) is 12.3. The summed E-state index contributed by atoms with van der Waals surface area (Å²) in [4.78, 5) is 12.8. The third-order valence-corrected chi connectivity index (χ3v) is 4.80. The molecule has 20 heavy (non-hydrogen) atoms. The molecule has 1 unspecified atom stereocenters. The Morgan fingerprint density at radius 2 is 2.35 bits per heavy atom. The van der Waals surface area contributed by atoms with Crippen LogP contribution in [0.1, 0.15) is 61.9 Å². The number of unbranched alkanes of at least 4 members (excludes halogenated alkanes) is 2. The van der Waals surface area contributed by atoms with Gasteiger partial charge in [-0.25, -0.2) is 0 Å². The van der Waals surface area contributed by atoms with E-state index >= 15 is 0 Å². The molecule has 1 aromatic rings. The summed E-state index contributed by atoms with van der Waals surface area (Å²) in [6.45, 7) is 3.39. The van der Waals surface area contributed by atoms with Crippen LogP contribution in [0, 0.1) is 0 Å². The second-order valence-electron chi connectivity index (χ2n) is 5.31. The average molecular weight is 295 g/mol. The van der Waals surface area contributed by atoms with E-state index in [1.54, 1.807) is 4.88 Å². The highest BCUT2D eigenvalue weighted by Gasteiger charge is 2.20. The van der Waals surface area contributed by atoms with E-state index in [0.717, 1.165) is 25.8 Å². The van der Waals surface area contributed by atoms with Crippen LogP contribution in [0.5, 0.6) is 0 Å². The van der Waals surface area contributed by atoms with Gasteiger partial charge in [-0.1, -0.05) is 6.42 Å². The third-order valence-electron chi connectivity index (χ3n) is 3.81. The van der Waals surface area contributed by atoms with E-state index in [9.17, 15) is 4.79 Å². The normalized spacial score (nSPS) is 17.8. The highest BCUT2D eigenvalue weighted by atomic mass is 32.1. The number of thiophene rings is 1. The SMILES string of the molecule is CCOC(=O)CCCCCNC1CCCc2sccc21. The molecule has 1 aliphatic carbocycles. The summed E-state index contributed by atoms with van der Waals surface area (Å²) in [7, 11) is 0. The molecule has 0 aliphatic heterocycles. The summed E-state index contributed by atoms with van der Waals surface area (Å²) in [5, 5.41) is 5.88. The van der Waals surface area contributed by atoms with Gasteiger partial charge in [0.05, 0.1) is 6.61 Å². The van der Waals surface area contributed by atoms with Crippen molar-refractivity contribution in [3.63, 3.8) is 0 Å². The molecule has 0 amide bonds. The first-order chi connectivity index (χ1) is 9.81. The molecule has 0 radical (unpaired) electrons. The predicted octanol–water partition coefficient (Wildman–Crippen LogP) is 3.84. The molecule has 0 saturated heterocycles.